The third kappa shape index (κ3) is 3.38. The zero-order valence-corrected chi connectivity index (χ0v) is 18.6. The second-order valence-electron chi connectivity index (χ2n) is 9.06. The van der Waals surface area contributed by atoms with Gasteiger partial charge in [-0.15, -0.1) is 0 Å². The van der Waals surface area contributed by atoms with Gasteiger partial charge in [-0.1, -0.05) is 56.5 Å². The summed E-state index contributed by atoms with van der Waals surface area (Å²) in [6, 6.07) is 15.5. The van der Waals surface area contributed by atoms with Crippen LogP contribution in [0.5, 0.6) is 0 Å². The van der Waals surface area contributed by atoms with Gasteiger partial charge >= 0.3 is 0 Å². The molecule has 2 aliphatic rings. The van der Waals surface area contributed by atoms with Crippen LogP contribution in [0, 0.1) is 0 Å². The number of aromatic amines is 1. The van der Waals surface area contributed by atoms with Crippen molar-refractivity contribution in [2.45, 2.75) is 63.5 Å². The molecule has 1 aliphatic heterocycles. The van der Waals surface area contributed by atoms with E-state index >= 15 is 0 Å². The highest BCUT2D eigenvalue weighted by molar-refractivity contribution is 6.02. The number of nitrogens with one attached hydrogen (secondary N) is 2. The van der Waals surface area contributed by atoms with E-state index in [1.165, 1.54) is 0 Å². The molecule has 6 heteroatoms. The number of unbranched alkanes of at least 4 members (excludes halogenated alkanes) is 1. The lowest BCUT2D eigenvalue weighted by molar-refractivity contribution is -0.126. The maximum Gasteiger partial charge on any atom is 0.254 e. The second-order valence-corrected chi connectivity index (χ2v) is 9.06. The number of carbonyl (C=O) groups excluding carboxylic acids is 2. The highest BCUT2D eigenvalue weighted by Crippen LogP contribution is 2.50. The van der Waals surface area contributed by atoms with Crippen molar-refractivity contribution in [1.82, 2.24) is 20.2 Å². The van der Waals surface area contributed by atoms with Crippen LogP contribution in [0.3, 0.4) is 0 Å². The molecule has 1 spiro atoms. The summed E-state index contributed by atoms with van der Waals surface area (Å²) in [5.41, 5.74) is 2.96. The van der Waals surface area contributed by atoms with E-state index in [1.54, 1.807) is 0 Å². The van der Waals surface area contributed by atoms with E-state index in [4.69, 9.17) is 0 Å². The summed E-state index contributed by atoms with van der Waals surface area (Å²) in [4.78, 5) is 37.2. The Kier molecular flexibility index (Phi) is 5.45. The number of hydrogen-bond donors (Lipinski definition) is 2. The number of carbonyl (C=O) groups is 2. The van der Waals surface area contributed by atoms with E-state index < -0.39 is 5.54 Å². The van der Waals surface area contributed by atoms with Crippen molar-refractivity contribution >= 4 is 22.8 Å². The number of imidazole rings is 1. The SMILES string of the molecule is CCCCN1C(=O)c2ccccc2[C@H](C(=O)NCc2nc3ccccc3[nH]2)C12CCCC2. The Bertz CT molecular complexity index is 1110. The molecule has 0 unspecified atom stereocenters. The van der Waals surface area contributed by atoms with E-state index in [9.17, 15) is 9.59 Å². The van der Waals surface area contributed by atoms with E-state index in [-0.39, 0.29) is 17.7 Å². The van der Waals surface area contributed by atoms with Crippen LogP contribution in [0.4, 0.5) is 0 Å². The molecule has 2 N–H and O–H groups in total. The van der Waals surface area contributed by atoms with Crippen LogP contribution in [0.25, 0.3) is 11.0 Å². The van der Waals surface area contributed by atoms with Crippen molar-refractivity contribution in [1.29, 1.82) is 0 Å². The number of fused-ring (bicyclic) bond motifs is 2. The minimum atomic E-state index is -0.432. The van der Waals surface area contributed by atoms with Gasteiger partial charge in [0.2, 0.25) is 5.91 Å². The third-order valence-corrected chi connectivity index (χ3v) is 7.16. The molecule has 2 aromatic carbocycles. The van der Waals surface area contributed by atoms with Gasteiger partial charge in [-0.05, 0) is 43.0 Å². The Balaban J connectivity index is 1.48. The lowest BCUT2D eigenvalue weighted by atomic mass is 9.71. The summed E-state index contributed by atoms with van der Waals surface area (Å²) in [6.07, 6.45) is 5.81. The molecular weight excluding hydrogens is 400 g/mol. The number of amides is 2. The van der Waals surface area contributed by atoms with E-state index in [0.717, 1.165) is 60.9 Å². The largest absolute Gasteiger partial charge is 0.348 e. The van der Waals surface area contributed by atoms with Crippen LogP contribution >= 0.6 is 0 Å². The molecule has 1 aromatic heterocycles. The van der Waals surface area contributed by atoms with Gasteiger partial charge in [-0.25, -0.2) is 4.98 Å². The van der Waals surface area contributed by atoms with Gasteiger partial charge in [-0.3, -0.25) is 9.59 Å². The smallest absolute Gasteiger partial charge is 0.254 e. The second kappa shape index (κ2) is 8.41. The maximum atomic E-state index is 13.7. The highest BCUT2D eigenvalue weighted by atomic mass is 16.2. The molecule has 1 atom stereocenters. The van der Waals surface area contributed by atoms with Crippen LogP contribution in [0.1, 0.15) is 73.1 Å². The van der Waals surface area contributed by atoms with Crippen molar-refractivity contribution in [3.63, 3.8) is 0 Å². The first-order chi connectivity index (χ1) is 15.6. The average molecular weight is 431 g/mol. The van der Waals surface area contributed by atoms with Crippen molar-refractivity contribution in [2.75, 3.05) is 6.54 Å². The number of nitrogens with zero attached hydrogens (tertiary/aromatic N) is 2. The lowest BCUT2D eigenvalue weighted by Gasteiger charge is -2.50. The molecule has 0 saturated heterocycles. The predicted molar refractivity (Wildman–Crippen MR) is 124 cm³/mol. The zero-order chi connectivity index (χ0) is 22.1. The fourth-order valence-corrected chi connectivity index (χ4v) is 5.67. The van der Waals surface area contributed by atoms with Gasteiger partial charge in [0.15, 0.2) is 0 Å². The van der Waals surface area contributed by atoms with Crippen LogP contribution in [-0.4, -0.2) is 38.8 Å². The number of H-pyrrole nitrogens is 1. The quantitative estimate of drug-likeness (QED) is 0.603. The van der Waals surface area contributed by atoms with Crippen molar-refractivity contribution in [3.8, 4) is 0 Å². The van der Waals surface area contributed by atoms with Gasteiger partial charge < -0.3 is 15.2 Å². The third-order valence-electron chi connectivity index (χ3n) is 7.16. The molecule has 1 aliphatic carbocycles. The fraction of sp³-hybridized carbons (Fsp3) is 0.423. The topological polar surface area (TPSA) is 78.1 Å². The summed E-state index contributed by atoms with van der Waals surface area (Å²) >= 11 is 0. The molecule has 32 heavy (non-hydrogen) atoms. The van der Waals surface area contributed by atoms with E-state index in [1.807, 2.05) is 53.4 Å². The first-order valence-corrected chi connectivity index (χ1v) is 11.8. The number of rotatable bonds is 6. The number of benzene rings is 2. The Labute approximate surface area is 188 Å². The molecular formula is C26H30N4O2. The molecule has 0 bridgehead atoms. The summed E-state index contributed by atoms with van der Waals surface area (Å²) in [5.74, 6) is 0.439. The number of para-hydroxylation sites is 2. The van der Waals surface area contributed by atoms with Crippen LogP contribution in [0.2, 0.25) is 0 Å². The van der Waals surface area contributed by atoms with Crippen LogP contribution < -0.4 is 5.32 Å². The average Bonchev–Trinajstić information content (AvgIpc) is 3.45. The number of aromatic nitrogens is 2. The van der Waals surface area contributed by atoms with Gasteiger partial charge in [0.25, 0.3) is 5.91 Å². The number of hydrogen-bond acceptors (Lipinski definition) is 3. The first-order valence-electron chi connectivity index (χ1n) is 11.8. The van der Waals surface area contributed by atoms with Crippen molar-refractivity contribution in [2.24, 2.45) is 0 Å². The summed E-state index contributed by atoms with van der Waals surface area (Å²) in [6.45, 7) is 3.18. The van der Waals surface area contributed by atoms with Crippen molar-refractivity contribution in [3.05, 3.63) is 65.5 Å². The highest BCUT2D eigenvalue weighted by Gasteiger charge is 2.55. The van der Waals surface area contributed by atoms with Crippen molar-refractivity contribution < 1.29 is 9.59 Å². The molecule has 2 heterocycles. The Hall–Kier alpha value is -3.15. The Morgan fingerprint density at radius 3 is 2.69 bits per heavy atom. The standard InChI is InChI=1S/C26H30N4O2/c1-2-3-16-30-25(32)19-11-5-4-10-18(19)23(26(30)14-8-9-15-26)24(31)27-17-22-28-20-12-6-7-13-21(20)29-22/h4-7,10-13,23H,2-3,8-9,14-17H2,1H3,(H,27,31)(H,28,29)/t23-/m1/s1. The van der Waals surface area contributed by atoms with Crippen LogP contribution in [0.15, 0.2) is 48.5 Å². The van der Waals surface area contributed by atoms with Gasteiger partial charge in [-0.2, -0.15) is 0 Å². The van der Waals surface area contributed by atoms with E-state index in [2.05, 4.69) is 22.2 Å². The monoisotopic (exact) mass is 430 g/mol. The van der Waals surface area contributed by atoms with Gasteiger partial charge in [0, 0.05) is 12.1 Å². The molecule has 1 saturated carbocycles. The summed E-state index contributed by atoms with van der Waals surface area (Å²) in [5, 5.41) is 3.14. The molecule has 1 fully saturated rings. The predicted octanol–water partition coefficient (Wildman–Crippen LogP) is 4.53. The maximum absolute atomic E-state index is 13.7. The molecule has 2 amide bonds. The lowest BCUT2D eigenvalue weighted by Crippen LogP contribution is -2.60. The normalized spacial score (nSPS) is 19.5. The minimum absolute atomic E-state index is 0.0196. The Morgan fingerprint density at radius 2 is 1.91 bits per heavy atom. The summed E-state index contributed by atoms with van der Waals surface area (Å²) in [7, 11) is 0. The first kappa shape index (κ1) is 20.7. The van der Waals surface area contributed by atoms with E-state index in [0.29, 0.717) is 18.7 Å². The van der Waals surface area contributed by atoms with Crippen LogP contribution in [-0.2, 0) is 11.3 Å². The van der Waals surface area contributed by atoms with Gasteiger partial charge in [0.1, 0.15) is 5.82 Å². The molecule has 166 valence electrons. The summed E-state index contributed by atoms with van der Waals surface area (Å²) < 4.78 is 0. The Morgan fingerprint density at radius 1 is 1.16 bits per heavy atom. The molecule has 3 aromatic rings. The minimum Gasteiger partial charge on any atom is -0.348 e. The fourth-order valence-electron chi connectivity index (χ4n) is 5.67. The molecule has 6 nitrogen and oxygen atoms in total. The molecule has 0 radical (unpaired) electrons. The molecule has 5 rings (SSSR count). The van der Waals surface area contributed by atoms with Gasteiger partial charge in [0.05, 0.1) is 29.0 Å². The zero-order valence-electron chi connectivity index (χ0n) is 18.6.